The highest BCUT2D eigenvalue weighted by Gasteiger charge is 2.16. The average Bonchev–Trinajstić information content (AvgIpc) is 2.67. The van der Waals surface area contributed by atoms with E-state index in [1.165, 1.54) is 11.1 Å². The fourth-order valence-electron chi connectivity index (χ4n) is 2.59. The molecule has 0 fully saturated rings. The second kappa shape index (κ2) is 12.7. The van der Waals surface area contributed by atoms with Crippen molar-refractivity contribution in [2.45, 2.75) is 39.7 Å². The van der Waals surface area contributed by atoms with Gasteiger partial charge in [0.15, 0.2) is 0 Å². The zero-order valence-electron chi connectivity index (χ0n) is 16.5. The molecule has 0 saturated carbocycles. The molecule has 1 aromatic carbocycles. The lowest BCUT2D eigenvalue weighted by atomic mass is 9.91. The molecule has 0 aromatic heterocycles. The summed E-state index contributed by atoms with van der Waals surface area (Å²) in [5, 5.41) is 3.72. The molecule has 2 atom stereocenters. The predicted molar refractivity (Wildman–Crippen MR) is 112 cm³/mol. The van der Waals surface area contributed by atoms with Crippen LogP contribution in [0.4, 0.5) is 0 Å². The molecular weight excluding hydrogens is 304 g/mol. The van der Waals surface area contributed by atoms with Crippen molar-refractivity contribution >= 4 is 0 Å². The van der Waals surface area contributed by atoms with E-state index in [2.05, 4.69) is 93.2 Å². The summed E-state index contributed by atoms with van der Waals surface area (Å²) >= 11 is 0. The van der Waals surface area contributed by atoms with Gasteiger partial charge in [-0.15, -0.1) is 6.58 Å². The van der Waals surface area contributed by atoms with Gasteiger partial charge in [-0.2, -0.15) is 0 Å². The van der Waals surface area contributed by atoms with Crippen LogP contribution in [0.15, 0.2) is 66.8 Å². The third-order valence-corrected chi connectivity index (χ3v) is 4.48. The van der Waals surface area contributed by atoms with E-state index in [0.29, 0.717) is 12.0 Å². The number of likely N-dealkylation sites (N-methyl/N-ethyl adjacent to an activating group) is 1. The van der Waals surface area contributed by atoms with Gasteiger partial charge in [0.05, 0.1) is 6.04 Å². The molecule has 138 valence electrons. The predicted octanol–water partition coefficient (Wildman–Crippen LogP) is 5.37. The van der Waals surface area contributed by atoms with Crippen LogP contribution in [0.25, 0.3) is 0 Å². The van der Waals surface area contributed by atoms with E-state index in [1.54, 1.807) is 0 Å². The highest BCUT2D eigenvalue weighted by Crippen LogP contribution is 2.27. The molecule has 0 saturated heterocycles. The number of nitrogens with zero attached hydrogens (tertiary/aromatic N) is 1. The van der Waals surface area contributed by atoms with Gasteiger partial charge >= 0.3 is 0 Å². The van der Waals surface area contributed by atoms with Crippen LogP contribution in [0.5, 0.6) is 0 Å². The van der Waals surface area contributed by atoms with Crippen LogP contribution >= 0.6 is 0 Å². The Morgan fingerprint density at radius 3 is 2.48 bits per heavy atom. The normalized spacial score (nSPS) is 17.5. The standard InChI is InChI=1S/C19H28N2.C4H8/c1-4-21(3)15-14-20-19(17-8-6-5-7-9-17)18-12-10-16(2)11-13-18;1-3-4-2/h5-10,12-13,16,19-20H,4,11,14-15H2,1-3H3;3H,1,4H2,2H3. The van der Waals surface area contributed by atoms with Gasteiger partial charge in [0.25, 0.3) is 0 Å². The van der Waals surface area contributed by atoms with Gasteiger partial charge in [-0.1, -0.05) is 75.4 Å². The second-order valence-corrected chi connectivity index (χ2v) is 6.67. The van der Waals surface area contributed by atoms with Gasteiger partial charge < -0.3 is 10.2 Å². The molecule has 2 heteroatoms. The molecule has 1 aliphatic rings. The first-order chi connectivity index (χ1) is 12.1. The molecule has 1 aliphatic carbocycles. The highest BCUT2D eigenvalue weighted by atomic mass is 15.1. The fourth-order valence-corrected chi connectivity index (χ4v) is 2.59. The van der Waals surface area contributed by atoms with Gasteiger partial charge in [-0.25, -0.2) is 0 Å². The Hall–Kier alpha value is -1.64. The van der Waals surface area contributed by atoms with E-state index >= 15 is 0 Å². The van der Waals surface area contributed by atoms with Crippen LogP contribution < -0.4 is 5.32 Å². The molecule has 0 aliphatic heterocycles. The van der Waals surface area contributed by atoms with Crippen molar-refractivity contribution in [1.82, 2.24) is 10.2 Å². The number of benzene rings is 1. The summed E-state index contributed by atoms with van der Waals surface area (Å²) < 4.78 is 0. The summed E-state index contributed by atoms with van der Waals surface area (Å²) in [5.41, 5.74) is 2.75. The van der Waals surface area contributed by atoms with Crippen LogP contribution in [-0.2, 0) is 0 Å². The third-order valence-electron chi connectivity index (χ3n) is 4.48. The third kappa shape index (κ3) is 8.33. The molecular formula is C23H36N2. The Balaban J connectivity index is 0.000000705. The molecule has 0 bridgehead atoms. The number of nitrogens with one attached hydrogen (secondary N) is 1. The van der Waals surface area contributed by atoms with E-state index in [0.717, 1.165) is 32.5 Å². The van der Waals surface area contributed by atoms with Crippen molar-refractivity contribution in [3.63, 3.8) is 0 Å². The minimum absolute atomic E-state index is 0.306. The SMILES string of the molecule is C=CCC.CCN(C)CCNC(C1=CCC(C)C=C1)c1ccccc1. The molecule has 0 amide bonds. The zero-order chi connectivity index (χ0) is 18.5. The van der Waals surface area contributed by atoms with Crippen molar-refractivity contribution in [3.05, 3.63) is 72.4 Å². The maximum atomic E-state index is 3.72. The van der Waals surface area contributed by atoms with Crippen LogP contribution in [0.1, 0.15) is 45.2 Å². The van der Waals surface area contributed by atoms with Crippen molar-refractivity contribution in [1.29, 1.82) is 0 Å². The molecule has 0 radical (unpaired) electrons. The lowest BCUT2D eigenvalue weighted by molar-refractivity contribution is 0.344. The first-order valence-electron chi connectivity index (χ1n) is 9.58. The minimum atomic E-state index is 0.306. The Bertz CT molecular complexity index is 530. The second-order valence-electron chi connectivity index (χ2n) is 6.67. The number of rotatable bonds is 8. The summed E-state index contributed by atoms with van der Waals surface area (Å²) in [6.07, 6.45) is 11.1. The van der Waals surface area contributed by atoms with Crippen LogP contribution in [0.3, 0.4) is 0 Å². The lowest BCUT2D eigenvalue weighted by Gasteiger charge is -2.25. The summed E-state index contributed by atoms with van der Waals surface area (Å²) in [6, 6.07) is 11.1. The molecule has 2 nitrogen and oxygen atoms in total. The smallest absolute Gasteiger partial charge is 0.0573 e. The summed E-state index contributed by atoms with van der Waals surface area (Å²) in [5.74, 6) is 0.663. The van der Waals surface area contributed by atoms with Crippen LogP contribution in [0, 0.1) is 5.92 Å². The monoisotopic (exact) mass is 340 g/mol. The van der Waals surface area contributed by atoms with Crippen molar-refractivity contribution in [2.75, 3.05) is 26.7 Å². The van der Waals surface area contributed by atoms with Crippen molar-refractivity contribution in [2.24, 2.45) is 5.92 Å². The van der Waals surface area contributed by atoms with Crippen molar-refractivity contribution in [3.8, 4) is 0 Å². The van der Waals surface area contributed by atoms with Gasteiger partial charge in [0.2, 0.25) is 0 Å². The first kappa shape index (κ1) is 21.4. The van der Waals surface area contributed by atoms with Crippen molar-refractivity contribution < 1.29 is 0 Å². The maximum Gasteiger partial charge on any atom is 0.0573 e. The van der Waals surface area contributed by atoms with E-state index in [1.807, 2.05) is 6.08 Å². The van der Waals surface area contributed by atoms with E-state index in [-0.39, 0.29) is 0 Å². The van der Waals surface area contributed by atoms with E-state index in [9.17, 15) is 0 Å². The molecule has 2 rings (SSSR count). The zero-order valence-corrected chi connectivity index (χ0v) is 16.5. The average molecular weight is 341 g/mol. The maximum absolute atomic E-state index is 3.72. The van der Waals surface area contributed by atoms with Gasteiger partial charge in [-0.3, -0.25) is 0 Å². The summed E-state index contributed by atoms with van der Waals surface area (Å²) in [4.78, 5) is 2.34. The molecule has 2 unspecified atom stereocenters. The molecule has 0 heterocycles. The summed E-state index contributed by atoms with van der Waals surface area (Å²) in [7, 11) is 2.17. The molecule has 1 N–H and O–H groups in total. The van der Waals surface area contributed by atoms with Crippen LogP contribution in [-0.4, -0.2) is 31.6 Å². The number of hydrogen-bond donors (Lipinski definition) is 1. The lowest BCUT2D eigenvalue weighted by Crippen LogP contribution is -2.32. The summed E-state index contributed by atoms with van der Waals surface area (Å²) in [6.45, 7) is 13.2. The van der Waals surface area contributed by atoms with E-state index in [4.69, 9.17) is 0 Å². The fraction of sp³-hybridized carbons (Fsp3) is 0.478. The quantitative estimate of drug-likeness (QED) is 0.640. The van der Waals surface area contributed by atoms with Gasteiger partial charge in [0, 0.05) is 13.1 Å². The van der Waals surface area contributed by atoms with Gasteiger partial charge in [-0.05, 0) is 43.5 Å². The van der Waals surface area contributed by atoms with E-state index < -0.39 is 0 Å². The minimum Gasteiger partial charge on any atom is -0.305 e. The van der Waals surface area contributed by atoms with Crippen LogP contribution in [0.2, 0.25) is 0 Å². The molecule has 0 spiro atoms. The first-order valence-corrected chi connectivity index (χ1v) is 9.58. The Labute approximate surface area is 155 Å². The molecule has 1 aromatic rings. The number of allylic oxidation sites excluding steroid dienone is 3. The van der Waals surface area contributed by atoms with Gasteiger partial charge in [0.1, 0.15) is 0 Å². The number of hydrogen-bond acceptors (Lipinski definition) is 2. The largest absolute Gasteiger partial charge is 0.305 e. The Morgan fingerprint density at radius 2 is 1.96 bits per heavy atom. The highest BCUT2D eigenvalue weighted by molar-refractivity contribution is 5.36. The molecule has 25 heavy (non-hydrogen) atoms. The Morgan fingerprint density at radius 1 is 1.28 bits per heavy atom. The topological polar surface area (TPSA) is 15.3 Å². The Kier molecular flexibility index (Phi) is 10.9.